The van der Waals surface area contributed by atoms with Crippen LogP contribution in [0.2, 0.25) is 0 Å². The summed E-state index contributed by atoms with van der Waals surface area (Å²) in [6.45, 7) is 8.28. The summed E-state index contributed by atoms with van der Waals surface area (Å²) in [5.41, 5.74) is 2.84. The van der Waals surface area contributed by atoms with Crippen molar-refractivity contribution in [1.29, 1.82) is 0 Å². The lowest BCUT2D eigenvalue weighted by molar-refractivity contribution is 0.468. The molecule has 0 nitrogen and oxygen atoms in total. The first-order valence-electron chi connectivity index (χ1n) is 9.15. The van der Waals surface area contributed by atoms with Crippen LogP contribution in [0.25, 0.3) is 0 Å². The summed E-state index contributed by atoms with van der Waals surface area (Å²) in [7, 11) is 0. The second-order valence-electron chi connectivity index (χ2n) is 6.39. The van der Waals surface area contributed by atoms with Gasteiger partial charge in [-0.3, -0.25) is 0 Å². The van der Waals surface area contributed by atoms with Crippen molar-refractivity contribution in [2.24, 2.45) is 5.92 Å². The molecular formula is C20H38. The highest BCUT2D eigenvalue weighted by atomic mass is 14.0. The van der Waals surface area contributed by atoms with Crippen molar-refractivity contribution in [3.05, 3.63) is 18.4 Å². The SMILES string of the molecule is C=C=CCCCCCCCCCCCCCC(C)CC. The Morgan fingerprint density at radius 3 is 1.70 bits per heavy atom. The molecule has 0 rings (SSSR count). The van der Waals surface area contributed by atoms with E-state index in [1.54, 1.807) is 0 Å². The first-order chi connectivity index (χ1) is 9.81. The normalized spacial score (nSPS) is 12.1. The van der Waals surface area contributed by atoms with Crippen LogP contribution >= 0.6 is 0 Å². The second kappa shape index (κ2) is 16.6. The average Bonchev–Trinajstić information content (AvgIpc) is 2.47. The number of hydrogen-bond donors (Lipinski definition) is 0. The predicted molar refractivity (Wildman–Crippen MR) is 93.2 cm³/mol. The van der Waals surface area contributed by atoms with Gasteiger partial charge in [0.1, 0.15) is 0 Å². The van der Waals surface area contributed by atoms with Crippen molar-refractivity contribution in [2.75, 3.05) is 0 Å². The van der Waals surface area contributed by atoms with Gasteiger partial charge in [-0.2, -0.15) is 0 Å². The van der Waals surface area contributed by atoms with E-state index in [1.165, 1.54) is 89.9 Å². The molecule has 1 unspecified atom stereocenters. The van der Waals surface area contributed by atoms with Crippen LogP contribution in [0.4, 0.5) is 0 Å². The number of allylic oxidation sites excluding steroid dienone is 1. The van der Waals surface area contributed by atoms with Gasteiger partial charge < -0.3 is 0 Å². The molecule has 0 aromatic rings. The van der Waals surface area contributed by atoms with Crippen LogP contribution in [0.3, 0.4) is 0 Å². The molecule has 0 heteroatoms. The third-order valence-corrected chi connectivity index (χ3v) is 4.39. The lowest BCUT2D eigenvalue weighted by Gasteiger charge is -2.07. The fourth-order valence-corrected chi connectivity index (χ4v) is 2.64. The van der Waals surface area contributed by atoms with E-state index in [2.05, 4.69) is 32.2 Å². The Balaban J connectivity index is 3.01. The highest BCUT2D eigenvalue weighted by Crippen LogP contribution is 2.15. The highest BCUT2D eigenvalue weighted by molar-refractivity contribution is 4.74. The number of unbranched alkanes of at least 4 members (excludes halogenated alkanes) is 11. The van der Waals surface area contributed by atoms with Gasteiger partial charge in [-0.05, 0) is 24.8 Å². The van der Waals surface area contributed by atoms with Gasteiger partial charge in [0.05, 0.1) is 0 Å². The van der Waals surface area contributed by atoms with Crippen LogP contribution in [-0.2, 0) is 0 Å². The van der Waals surface area contributed by atoms with Crippen molar-refractivity contribution in [2.45, 2.75) is 104 Å². The molecule has 0 saturated carbocycles. The minimum Gasteiger partial charge on any atom is -0.133 e. The van der Waals surface area contributed by atoms with E-state index in [0.717, 1.165) is 5.92 Å². The van der Waals surface area contributed by atoms with Gasteiger partial charge in [0.15, 0.2) is 0 Å². The zero-order chi connectivity index (χ0) is 14.9. The summed E-state index contributed by atoms with van der Waals surface area (Å²) in [5, 5.41) is 0. The summed E-state index contributed by atoms with van der Waals surface area (Å²) in [5.74, 6) is 0.942. The molecule has 0 amide bonds. The van der Waals surface area contributed by atoms with E-state index in [1.807, 2.05) is 0 Å². The highest BCUT2D eigenvalue weighted by Gasteiger charge is 1.98. The Kier molecular flexibility index (Phi) is 16.2. The smallest absolute Gasteiger partial charge is 0.0275 e. The van der Waals surface area contributed by atoms with Crippen LogP contribution < -0.4 is 0 Å². The van der Waals surface area contributed by atoms with E-state index >= 15 is 0 Å². The molecule has 0 aliphatic carbocycles. The molecule has 0 aromatic heterocycles. The molecule has 0 aromatic carbocycles. The monoisotopic (exact) mass is 278 g/mol. The summed E-state index contributed by atoms with van der Waals surface area (Å²) in [6, 6.07) is 0. The van der Waals surface area contributed by atoms with E-state index in [9.17, 15) is 0 Å². The van der Waals surface area contributed by atoms with E-state index in [-0.39, 0.29) is 0 Å². The summed E-state index contributed by atoms with van der Waals surface area (Å²) in [6.07, 6.45) is 21.8. The molecule has 0 radical (unpaired) electrons. The third kappa shape index (κ3) is 15.6. The van der Waals surface area contributed by atoms with Crippen molar-refractivity contribution in [3.63, 3.8) is 0 Å². The Morgan fingerprint density at radius 1 is 0.800 bits per heavy atom. The Labute approximate surface area is 128 Å². The summed E-state index contributed by atoms with van der Waals surface area (Å²) in [4.78, 5) is 0. The van der Waals surface area contributed by atoms with E-state index in [0.29, 0.717) is 0 Å². The average molecular weight is 279 g/mol. The first-order valence-corrected chi connectivity index (χ1v) is 9.15. The molecule has 0 aliphatic rings. The quantitative estimate of drug-likeness (QED) is 0.215. The second-order valence-corrected chi connectivity index (χ2v) is 6.39. The molecule has 0 heterocycles. The molecule has 0 N–H and O–H groups in total. The van der Waals surface area contributed by atoms with Crippen molar-refractivity contribution >= 4 is 0 Å². The van der Waals surface area contributed by atoms with Crippen LogP contribution in [0, 0.1) is 5.92 Å². The molecule has 0 fully saturated rings. The Hall–Kier alpha value is -0.480. The van der Waals surface area contributed by atoms with Gasteiger partial charge >= 0.3 is 0 Å². The number of hydrogen-bond acceptors (Lipinski definition) is 0. The Morgan fingerprint density at radius 2 is 1.25 bits per heavy atom. The van der Waals surface area contributed by atoms with E-state index in [4.69, 9.17) is 0 Å². The van der Waals surface area contributed by atoms with Gasteiger partial charge in [0.25, 0.3) is 0 Å². The summed E-state index contributed by atoms with van der Waals surface area (Å²) < 4.78 is 0. The van der Waals surface area contributed by atoms with Gasteiger partial charge in [-0.1, -0.05) is 97.5 Å². The molecule has 0 saturated heterocycles. The Bertz CT molecular complexity index is 222. The maximum absolute atomic E-state index is 3.59. The van der Waals surface area contributed by atoms with Crippen LogP contribution in [0.1, 0.15) is 104 Å². The molecule has 1 atom stereocenters. The fourth-order valence-electron chi connectivity index (χ4n) is 2.64. The number of rotatable bonds is 15. The molecule has 118 valence electrons. The largest absolute Gasteiger partial charge is 0.133 e. The van der Waals surface area contributed by atoms with Crippen LogP contribution in [0.5, 0.6) is 0 Å². The lowest BCUT2D eigenvalue weighted by atomic mass is 9.99. The van der Waals surface area contributed by atoms with Gasteiger partial charge in [0, 0.05) is 0 Å². The molecule has 0 spiro atoms. The fraction of sp³-hybridized carbons (Fsp3) is 0.850. The van der Waals surface area contributed by atoms with E-state index < -0.39 is 0 Å². The van der Waals surface area contributed by atoms with Gasteiger partial charge in [-0.15, -0.1) is 5.73 Å². The van der Waals surface area contributed by atoms with Gasteiger partial charge in [-0.25, -0.2) is 0 Å². The molecule has 20 heavy (non-hydrogen) atoms. The third-order valence-electron chi connectivity index (χ3n) is 4.39. The molecule has 0 bridgehead atoms. The van der Waals surface area contributed by atoms with Crippen molar-refractivity contribution in [1.82, 2.24) is 0 Å². The topological polar surface area (TPSA) is 0 Å². The van der Waals surface area contributed by atoms with Crippen LogP contribution in [0.15, 0.2) is 18.4 Å². The predicted octanol–water partition coefficient (Wildman–Crippen LogP) is 7.44. The van der Waals surface area contributed by atoms with Crippen molar-refractivity contribution < 1.29 is 0 Å². The maximum atomic E-state index is 3.59. The minimum atomic E-state index is 0.942. The van der Waals surface area contributed by atoms with Crippen molar-refractivity contribution in [3.8, 4) is 0 Å². The summed E-state index contributed by atoms with van der Waals surface area (Å²) >= 11 is 0. The minimum absolute atomic E-state index is 0.942. The standard InChI is InChI=1S/C20H38/c1-4-6-7-8-9-10-11-12-13-14-15-16-17-18-19-20(3)5-2/h6,20H,1,5,7-19H2,2-3H3. The zero-order valence-corrected chi connectivity index (χ0v) is 14.3. The molecular weight excluding hydrogens is 240 g/mol. The zero-order valence-electron chi connectivity index (χ0n) is 14.3. The van der Waals surface area contributed by atoms with Crippen LogP contribution in [-0.4, -0.2) is 0 Å². The molecule has 0 aliphatic heterocycles. The maximum Gasteiger partial charge on any atom is -0.0275 e. The van der Waals surface area contributed by atoms with Gasteiger partial charge in [0.2, 0.25) is 0 Å². The lowest BCUT2D eigenvalue weighted by Crippen LogP contribution is -1.91. The first kappa shape index (κ1) is 19.5.